The minimum atomic E-state index is -0.184. The summed E-state index contributed by atoms with van der Waals surface area (Å²) in [6, 6.07) is 6.05. The average molecular weight is 309 g/mol. The van der Waals surface area contributed by atoms with Crippen molar-refractivity contribution in [1.82, 2.24) is 4.98 Å². The molecule has 1 aliphatic heterocycles. The topological polar surface area (TPSA) is 51.3 Å². The highest BCUT2D eigenvalue weighted by molar-refractivity contribution is 14.2. The lowest BCUT2D eigenvalue weighted by molar-refractivity contribution is 1.40. The van der Waals surface area contributed by atoms with Gasteiger partial charge in [0, 0.05) is 32.0 Å². The van der Waals surface area contributed by atoms with Gasteiger partial charge >= 0.3 is 0 Å². The quantitative estimate of drug-likeness (QED) is 0.756. The summed E-state index contributed by atoms with van der Waals surface area (Å²) < 4.78 is 6.73. The third kappa shape index (κ3) is 1.45. The molecule has 2 heterocycles. The number of nitrogens with two attached hydrogens (primary N) is 1. The lowest BCUT2D eigenvalue weighted by atomic mass is 10.1. The van der Waals surface area contributed by atoms with Gasteiger partial charge in [0.2, 0.25) is 0 Å². The van der Waals surface area contributed by atoms with Gasteiger partial charge in [-0.25, -0.2) is 3.15 Å². The average Bonchev–Trinajstić information content (AvgIpc) is 2.28. The van der Waals surface area contributed by atoms with Crippen molar-refractivity contribution in [2.24, 2.45) is 3.15 Å². The molecular weight excluding hydrogens is 301 g/mol. The fraction of sp³-hybridized carbons (Fsp3) is 0. The Morgan fingerprint density at radius 3 is 3.13 bits per heavy atom. The van der Waals surface area contributed by atoms with Crippen molar-refractivity contribution in [3.63, 3.8) is 0 Å². The van der Waals surface area contributed by atoms with Gasteiger partial charge in [0.05, 0.1) is 17.4 Å². The molecule has 4 heteroatoms. The minimum absolute atomic E-state index is 0.184. The van der Waals surface area contributed by atoms with Crippen LogP contribution in [0.4, 0.5) is 11.4 Å². The fourth-order valence-corrected chi connectivity index (χ4v) is 3.11. The number of anilines is 1. The molecule has 3 rings (SSSR count). The van der Waals surface area contributed by atoms with Crippen molar-refractivity contribution in [3.8, 4) is 0 Å². The number of halogens is 1. The van der Waals surface area contributed by atoms with Gasteiger partial charge in [0.15, 0.2) is 0 Å². The summed E-state index contributed by atoms with van der Waals surface area (Å²) in [4.78, 5) is 4.36. The highest BCUT2D eigenvalue weighted by atomic mass is 127. The number of benzene rings is 1. The predicted molar refractivity (Wildman–Crippen MR) is 71.3 cm³/mol. The van der Waals surface area contributed by atoms with Crippen molar-refractivity contribution >= 4 is 49.4 Å². The van der Waals surface area contributed by atoms with Crippen molar-refractivity contribution in [2.45, 2.75) is 0 Å². The lowest BCUT2D eigenvalue weighted by Gasteiger charge is -2.07. The Morgan fingerprint density at radius 1 is 1.27 bits per heavy atom. The Morgan fingerprint density at radius 2 is 2.20 bits per heavy atom. The summed E-state index contributed by atoms with van der Waals surface area (Å²) in [6.45, 7) is 0. The Kier molecular flexibility index (Phi) is 2.02. The molecule has 74 valence electrons. The summed E-state index contributed by atoms with van der Waals surface area (Å²) in [5.74, 6) is 0. The molecule has 0 radical (unpaired) electrons. The zero-order valence-electron chi connectivity index (χ0n) is 7.81. The maximum atomic E-state index is 5.70. The number of fused-ring (bicyclic) bond motifs is 3. The predicted octanol–water partition coefficient (Wildman–Crippen LogP) is 3.59. The first kappa shape index (κ1) is 8.96. The van der Waals surface area contributed by atoms with Crippen LogP contribution < -0.4 is 5.73 Å². The summed E-state index contributed by atoms with van der Waals surface area (Å²) in [5.41, 5.74) is 9.55. The van der Waals surface area contributed by atoms with Crippen LogP contribution in [0.5, 0.6) is 0 Å². The Balaban J connectivity index is 2.43. The second-order valence-corrected chi connectivity index (χ2v) is 5.08. The first-order valence-corrected chi connectivity index (χ1v) is 6.74. The molecule has 0 spiro atoms. The number of nitrogens with zero attached hydrogens (tertiary/aromatic N) is 2. The Bertz CT molecular complexity index is 602. The third-order valence-electron chi connectivity index (χ3n) is 2.31. The molecule has 1 aliphatic rings. The van der Waals surface area contributed by atoms with Gasteiger partial charge in [-0.3, -0.25) is 4.98 Å². The van der Waals surface area contributed by atoms with Gasteiger partial charge in [-0.1, -0.05) is 12.1 Å². The third-order valence-corrected chi connectivity index (χ3v) is 3.75. The molecular formula is C11H8IN3. The second kappa shape index (κ2) is 3.37. The van der Waals surface area contributed by atoms with E-state index >= 15 is 0 Å². The van der Waals surface area contributed by atoms with E-state index in [4.69, 9.17) is 5.73 Å². The van der Waals surface area contributed by atoms with Gasteiger partial charge in [-0.05, 0) is 16.2 Å². The van der Waals surface area contributed by atoms with Crippen LogP contribution in [0, 0.1) is 0 Å². The van der Waals surface area contributed by atoms with Gasteiger partial charge in [-0.15, -0.1) is 0 Å². The monoisotopic (exact) mass is 309 g/mol. The summed E-state index contributed by atoms with van der Waals surface area (Å²) in [5, 5.41) is 1.07. The zero-order valence-corrected chi connectivity index (χ0v) is 9.97. The van der Waals surface area contributed by atoms with E-state index in [1.54, 1.807) is 6.20 Å². The van der Waals surface area contributed by atoms with E-state index in [0.29, 0.717) is 5.69 Å². The van der Waals surface area contributed by atoms with Crippen molar-refractivity contribution in [1.29, 1.82) is 0 Å². The van der Waals surface area contributed by atoms with Crippen LogP contribution >= 0.6 is 21.0 Å². The molecule has 2 N–H and O–H groups in total. The number of hydrogen-bond acceptors (Lipinski definition) is 3. The van der Waals surface area contributed by atoms with Crippen LogP contribution in [0.2, 0.25) is 0 Å². The highest BCUT2D eigenvalue weighted by Crippen LogP contribution is 2.36. The number of rotatable bonds is 0. The molecule has 0 unspecified atom stereocenters. The molecule has 1 aromatic carbocycles. The van der Waals surface area contributed by atoms with Gasteiger partial charge in [-0.2, -0.15) is 0 Å². The molecule has 0 saturated carbocycles. The molecule has 0 saturated heterocycles. The standard InChI is InChI=1S/C11H8IN3/c13-9-5-8-2-1-7-3-4-12-15-11(7)10(8)14-6-9/h1-6H,13H2. The molecule has 0 amide bonds. The number of aromatic nitrogens is 1. The molecule has 0 bridgehead atoms. The molecule has 1 aromatic heterocycles. The summed E-state index contributed by atoms with van der Waals surface area (Å²) in [6.07, 6.45) is 3.82. The summed E-state index contributed by atoms with van der Waals surface area (Å²) in [7, 11) is 0. The maximum Gasteiger partial charge on any atom is 0.103 e. The van der Waals surface area contributed by atoms with Crippen molar-refractivity contribution < 1.29 is 0 Å². The van der Waals surface area contributed by atoms with E-state index in [1.165, 1.54) is 0 Å². The molecule has 3 nitrogen and oxygen atoms in total. The van der Waals surface area contributed by atoms with E-state index < -0.39 is 0 Å². The number of pyridine rings is 1. The molecule has 0 fully saturated rings. The van der Waals surface area contributed by atoms with Crippen molar-refractivity contribution in [3.05, 3.63) is 34.0 Å². The maximum absolute atomic E-state index is 5.70. The lowest BCUT2D eigenvalue weighted by Crippen LogP contribution is -1.88. The van der Waals surface area contributed by atoms with Gasteiger partial charge < -0.3 is 5.73 Å². The van der Waals surface area contributed by atoms with Crippen LogP contribution in [-0.4, -0.2) is 4.98 Å². The molecule has 0 aliphatic carbocycles. The van der Waals surface area contributed by atoms with E-state index in [0.717, 1.165) is 22.2 Å². The first-order valence-electron chi connectivity index (χ1n) is 4.53. The molecule has 15 heavy (non-hydrogen) atoms. The Hall–Kier alpha value is -1.30. The first-order chi connectivity index (χ1) is 7.34. The normalized spacial score (nSPS) is 13.6. The Labute approximate surface area is 97.2 Å². The van der Waals surface area contributed by atoms with Crippen LogP contribution in [0.25, 0.3) is 17.0 Å². The van der Waals surface area contributed by atoms with Crippen LogP contribution in [-0.2, 0) is 0 Å². The van der Waals surface area contributed by atoms with E-state index in [1.807, 2.05) is 12.1 Å². The van der Waals surface area contributed by atoms with E-state index in [9.17, 15) is 0 Å². The van der Waals surface area contributed by atoms with E-state index in [-0.39, 0.29) is 21.0 Å². The summed E-state index contributed by atoms with van der Waals surface area (Å²) >= 11 is -0.184. The highest BCUT2D eigenvalue weighted by Gasteiger charge is 2.07. The van der Waals surface area contributed by atoms with Gasteiger partial charge in [0.1, 0.15) is 5.69 Å². The molecule has 2 aromatic rings. The minimum Gasteiger partial charge on any atom is -0.397 e. The van der Waals surface area contributed by atoms with E-state index in [2.05, 4.69) is 24.4 Å². The number of nitrogen functional groups attached to an aromatic ring is 1. The number of hydrogen-bond donors (Lipinski definition) is 1. The van der Waals surface area contributed by atoms with Crippen LogP contribution in [0.15, 0.2) is 31.6 Å². The zero-order chi connectivity index (χ0) is 10.3. The smallest absolute Gasteiger partial charge is 0.103 e. The van der Waals surface area contributed by atoms with Crippen LogP contribution in [0.1, 0.15) is 5.56 Å². The van der Waals surface area contributed by atoms with Crippen LogP contribution in [0.3, 0.4) is 0 Å². The molecule has 0 atom stereocenters. The fourth-order valence-electron chi connectivity index (χ4n) is 1.62. The van der Waals surface area contributed by atoms with Crippen molar-refractivity contribution in [2.75, 3.05) is 5.73 Å². The largest absolute Gasteiger partial charge is 0.397 e. The SMILES string of the molecule is Nc1cnc2c3c(ccc2c1)C=CI=N3. The van der Waals surface area contributed by atoms with Gasteiger partial charge in [0.25, 0.3) is 0 Å². The second-order valence-electron chi connectivity index (χ2n) is 3.32.